The number of rotatable bonds is 4. The SMILES string of the molecule is Cc1nc(CNC(=O)Cc2cccc(F)c2)cs1. The molecular weight excluding hydrogens is 251 g/mol. The molecule has 0 saturated carbocycles. The maximum atomic E-state index is 12.9. The maximum absolute atomic E-state index is 12.9. The molecule has 1 heterocycles. The van der Waals surface area contributed by atoms with Gasteiger partial charge in [0.25, 0.3) is 0 Å². The molecule has 2 rings (SSSR count). The Morgan fingerprint density at radius 1 is 1.50 bits per heavy atom. The van der Waals surface area contributed by atoms with E-state index in [4.69, 9.17) is 0 Å². The molecule has 1 aromatic heterocycles. The van der Waals surface area contributed by atoms with Gasteiger partial charge in [-0.1, -0.05) is 12.1 Å². The molecule has 5 heteroatoms. The molecule has 18 heavy (non-hydrogen) atoms. The third-order valence-electron chi connectivity index (χ3n) is 2.39. The Kier molecular flexibility index (Phi) is 4.04. The number of thiazole rings is 1. The van der Waals surface area contributed by atoms with Gasteiger partial charge in [-0.25, -0.2) is 9.37 Å². The quantitative estimate of drug-likeness (QED) is 0.921. The largest absolute Gasteiger partial charge is 0.350 e. The van der Waals surface area contributed by atoms with Crippen LogP contribution >= 0.6 is 11.3 Å². The van der Waals surface area contributed by atoms with E-state index in [0.717, 1.165) is 10.7 Å². The average Bonchev–Trinajstić information content (AvgIpc) is 2.73. The third kappa shape index (κ3) is 3.63. The van der Waals surface area contributed by atoms with Crippen molar-refractivity contribution in [1.82, 2.24) is 10.3 Å². The minimum absolute atomic E-state index is 0.133. The highest BCUT2D eigenvalue weighted by Gasteiger charge is 2.05. The first-order chi connectivity index (χ1) is 8.63. The molecule has 0 aliphatic rings. The lowest BCUT2D eigenvalue weighted by molar-refractivity contribution is -0.120. The molecule has 0 unspecified atom stereocenters. The molecule has 0 radical (unpaired) electrons. The van der Waals surface area contributed by atoms with E-state index in [1.165, 1.54) is 12.1 Å². The lowest BCUT2D eigenvalue weighted by Crippen LogP contribution is -2.24. The topological polar surface area (TPSA) is 42.0 Å². The Morgan fingerprint density at radius 2 is 2.33 bits per heavy atom. The van der Waals surface area contributed by atoms with Crippen molar-refractivity contribution in [3.63, 3.8) is 0 Å². The number of hydrogen-bond acceptors (Lipinski definition) is 3. The zero-order valence-electron chi connectivity index (χ0n) is 9.94. The molecule has 0 spiro atoms. The van der Waals surface area contributed by atoms with Crippen LogP contribution in [0.15, 0.2) is 29.6 Å². The molecule has 3 nitrogen and oxygen atoms in total. The van der Waals surface area contributed by atoms with Crippen molar-refractivity contribution in [3.05, 3.63) is 51.7 Å². The Balaban J connectivity index is 1.85. The first kappa shape index (κ1) is 12.7. The highest BCUT2D eigenvalue weighted by Crippen LogP contribution is 2.08. The molecule has 1 amide bonds. The summed E-state index contributed by atoms with van der Waals surface area (Å²) in [6.45, 7) is 2.33. The number of aryl methyl sites for hydroxylation is 1. The molecule has 0 bridgehead atoms. The zero-order valence-corrected chi connectivity index (χ0v) is 10.8. The van der Waals surface area contributed by atoms with Gasteiger partial charge in [0, 0.05) is 5.38 Å². The number of amides is 1. The van der Waals surface area contributed by atoms with E-state index < -0.39 is 0 Å². The molecule has 0 aliphatic carbocycles. The smallest absolute Gasteiger partial charge is 0.224 e. The van der Waals surface area contributed by atoms with Crippen LogP contribution in [0.4, 0.5) is 4.39 Å². The van der Waals surface area contributed by atoms with Crippen LogP contribution in [0.25, 0.3) is 0 Å². The number of halogens is 1. The zero-order chi connectivity index (χ0) is 13.0. The highest BCUT2D eigenvalue weighted by molar-refractivity contribution is 7.09. The Hall–Kier alpha value is -1.75. The summed E-state index contributed by atoms with van der Waals surface area (Å²) in [6.07, 6.45) is 0.181. The van der Waals surface area contributed by atoms with Crippen LogP contribution in [0.5, 0.6) is 0 Å². The summed E-state index contributed by atoms with van der Waals surface area (Å²) in [7, 11) is 0. The summed E-state index contributed by atoms with van der Waals surface area (Å²) < 4.78 is 12.9. The second-order valence-electron chi connectivity index (χ2n) is 3.94. The lowest BCUT2D eigenvalue weighted by Gasteiger charge is -2.03. The number of aromatic nitrogens is 1. The van der Waals surface area contributed by atoms with Gasteiger partial charge in [-0.15, -0.1) is 11.3 Å². The molecule has 94 valence electrons. The summed E-state index contributed by atoms with van der Waals surface area (Å²) in [4.78, 5) is 15.9. The van der Waals surface area contributed by atoms with Gasteiger partial charge in [0.2, 0.25) is 5.91 Å². The third-order valence-corrected chi connectivity index (χ3v) is 3.21. The van der Waals surface area contributed by atoms with E-state index in [1.54, 1.807) is 23.5 Å². The van der Waals surface area contributed by atoms with Crippen LogP contribution in [-0.4, -0.2) is 10.9 Å². The number of nitrogens with zero attached hydrogens (tertiary/aromatic N) is 1. The minimum Gasteiger partial charge on any atom is -0.350 e. The highest BCUT2D eigenvalue weighted by atomic mass is 32.1. The molecule has 2 aromatic rings. The monoisotopic (exact) mass is 264 g/mol. The van der Waals surface area contributed by atoms with Gasteiger partial charge in [-0.2, -0.15) is 0 Å². The molecule has 0 saturated heterocycles. The first-order valence-corrected chi connectivity index (χ1v) is 6.43. The van der Waals surface area contributed by atoms with Crippen molar-refractivity contribution in [2.24, 2.45) is 0 Å². The normalized spacial score (nSPS) is 10.3. The fourth-order valence-corrected chi connectivity index (χ4v) is 2.19. The van der Waals surface area contributed by atoms with Gasteiger partial charge < -0.3 is 5.32 Å². The Morgan fingerprint density at radius 3 is 3.00 bits per heavy atom. The van der Waals surface area contributed by atoms with E-state index in [1.807, 2.05) is 12.3 Å². The van der Waals surface area contributed by atoms with Crippen LogP contribution in [0.3, 0.4) is 0 Å². The van der Waals surface area contributed by atoms with Gasteiger partial charge in [-0.3, -0.25) is 4.79 Å². The van der Waals surface area contributed by atoms with Crippen LogP contribution in [-0.2, 0) is 17.8 Å². The maximum Gasteiger partial charge on any atom is 0.224 e. The van der Waals surface area contributed by atoms with E-state index in [2.05, 4.69) is 10.3 Å². The molecule has 0 atom stereocenters. The van der Waals surface area contributed by atoms with E-state index in [-0.39, 0.29) is 18.1 Å². The van der Waals surface area contributed by atoms with Gasteiger partial charge in [-0.05, 0) is 24.6 Å². The van der Waals surface area contributed by atoms with Crippen molar-refractivity contribution >= 4 is 17.2 Å². The number of carbonyl (C=O) groups excluding carboxylic acids is 1. The van der Waals surface area contributed by atoms with Gasteiger partial charge in [0.1, 0.15) is 5.82 Å². The Bertz CT molecular complexity index is 553. The summed E-state index contributed by atoms with van der Waals surface area (Å²) >= 11 is 1.55. The second-order valence-corrected chi connectivity index (χ2v) is 5.00. The van der Waals surface area contributed by atoms with E-state index in [0.29, 0.717) is 12.1 Å². The predicted octanol–water partition coefficient (Wildman–Crippen LogP) is 2.45. The van der Waals surface area contributed by atoms with Crippen LogP contribution in [0, 0.1) is 12.7 Å². The number of hydrogen-bond donors (Lipinski definition) is 1. The van der Waals surface area contributed by atoms with Crippen molar-refractivity contribution in [2.75, 3.05) is 0 Å². The van der Waals surface area contributed by atoms with Crippen molar-refractivity contribution in [3.8, 4) is 0 Å². The predicted molar refractivity (Wildman–Crippen MR) is 68.8 cm³/mol. The van der Waals surface area contributed by atoms with Crippen LogP contribution in [0.2, 0.25) is 0 Å². The minimum atomic E-state index is -0.324. The standard InChI is InChI=1S/C13H13FN2OS/c1-9-16-12(8-18-9)7-15-13(17)6-10-3-2-4-11(14)5-10/h2-5,8H,6-7H2,1H3,(H,15,17). The van der Waals surface area contributed by atoms with Gasteiger partial charge in [0.15, 0.2) is 0 Å². The van der Waals surface area contributed by atoms with E-state index in [9.17, 15) is 9.18 Å². The fourth-order valence-electron chi connectivity index (χ4n) is 1.57. The van der Waals surface area contributed by atoms with Crippen LogP contribution < -0.4 is 5.32 Å². The van der Waals surface area contributed by atoms with Gasteiger partial charge >= 0.3 is 0 Å². The average molecular weight is 264 g/mol. The molecular formula is C13H13FN2OS. The van der Waals surface area contributed by atoms with E-state index >= 15 is 0 Å². The molecule has 1 aromatic carbocycles. The molecule has 0 aliphatic heterocycles. The summed E-state index contributed by atoms with van der Waals surface area (Å²) in [5.41, 5.74) is 1.52. The van der Waals surface area contributed by atoms with Gasteiger partial charge in [0.05, 0.1) is 23.7 Å². The van der Waals surface area contributed by atoms with Crippen molar-refractivity contribution in [2.45, 2.75) is 19.9 Å². The lowest BCUT2D eigenvalue weighted by atomic mass is 10.1. The molecule has 0 fully saturated rings. The molecule has 1 N–H and O–H groups in total. The summed E-state index contributed by atoms with van der Waals surface area (Å²) in [6, 6.07) is 6.06. The van der Waals surface area contributed by atoms with Crippen molar-refractivity contribution < 1.29 is 9.18 Å². The summed E-state index contributed by atoms with van der Waals surface area (Å²) in [5.74, 6) is -0.457. The second kappa shape index (κ2) is 5.73. The fraction of sp³-hybridized carbons (Fsp3) is 0.231. The Labute approximate surface area is 109 Å². The van der Waals surface area contributed by atoms with Crippen molar-refractivity contribution in [1.29, 1.82) is 0 Å². The van der Waals surface area contributed by atoms with Crippen LogP contribution in [0.1, 0.15) is 16.3 Å². The number of carbonyl (C=O) groups is 1. The summed E-state index contributed by atoms with van der Waals surface area (Å²) in [5, 5.41) is 5.65. The number of benzene rings is 1. The first-order valence-electron chi connectivity index (χ1n) is 5.55. The number of nitrogens with one attached hydrogen (secondary N) is 1.